The quantitative estimate of drug-likeness (QED) is 0.787. The Morgan fingerprint density at radius 3 is 3.07 bits per heavy atom. The number of hydrogen-bond acceptors (Lipinski definition) is 2. The lowest BCUT2D eigenvalue weighted by Gasteiger charge is -2.20. The van der Waals surface area contributed by atoms with Gasteiger partial charge in [-0.2, -0.15) is 0 Å². The van der Waals surface area contributed by atoms with E-state index in [1.807, 2.05) is 6.92 Å². The van der Waals surface area contributed by atoms with Crippen LogP contribution in [0, 0.1) is 5.82 Å². The molecule has 1 aliphatic rings. The van der Waals surface area contributed by atoms with Crippen molar-refractivity contribution in [2.45, 2.75) is 31.8 Å². The molecule has 0 amide bonds. The van der Waals surface area contributed by atoms with Gasteiger partial charge in [-0.1, -0.05) is 6.92 Å². The van der Waals surface area contributed by atoms with Crippen molar-refractivity contribution in [3.05, 3.63) is 27.7 Å². The van der Waals surface area contributed by atoms with E-state index in [4.69, 9.17) is 0 Å². The summed E-state index contributed by atoms with van der Waals surface area (Å²) in [6.45, 7) is 1.88. The zero-order valence-corrected chi connectivity index (χ0v) is 9.44. The fraction of sp³-hybridized carbons (Fsp3) is 0.500. The molecule has 1 aliphatic carbocycles. The summed E-state index contributed by atoms with van der Waals surface area (Å²) in [5.41, 5.74) is 0.143. The van der Waals surface area contributed by atoms with Crippen LogP contribution in [0.25, 0.3) is 0 Å². The molecular formula is C10H11BrFNO. The van der Waals surface area contributed by atoms with E-state index in [1.165, 1.54) is 6.07 Å². The van der Waals surface area contributed by atoms with Crippen LogP contribution in [0.2, 0.25) is 0 Å². The van der Waals surface area contributed by atoms with Gasteiger partial charge in [0, 0.05) is 11.6 Å². The average Bonchev–Trinajstić information content (AvgIpc) is 2.46. The smallest absolute Gasteiger partial charge is 0.131 e. The fourth-order valence-electron chi connectivity index (χ4n) is 1.93. The van der Waals surface area contributed by atoms with Crippen molar-refractivity contribution in [2.24, 2.45) is 0 Å². The van der Waals surface area contributed by atoms with Crippen LogP contribution in [0.4, 0.5) is 4.39 Å². The number of hydrogen-bond donors (Lipinski definition) is 1. The number of nitrogens with zero attached hydrogens (tertiary/aromatic N) is 1. The van der Waals surface area contributed by atoms with Crippen LogP contribution in [-0.2, 0) is 12.0 Å². The molecule has 1 heterocycles. The zero-order chi connectivity index (χ0) is 10.3. The Balaban J connectivity index is 2.60. The van der Waals surface area contributed by atoms with Crippen molar-refractivity contribution in [1.82, 2.24) is 4.98 Å². The van der Waals surface area contributed by atoms with E-state index in [0.717, 1.165) is 0 Å². The molecule has 0 fully saturated rings. The molecule has 4 heteroatoms. The highest BCUT2D eigenvalue weighted by Crippen LogP contribution is 2.39. The van der Waals surface area contributed by atoms with Gasteiger partial charge < -0.3 is 5.11 Å². The molecule has 0 aromatic carbocycles. The predicted molar refractivity (Wildman–Crippen MR) is 54.4 cm³/mol. The molecule has 0 spiro atoms. The third-order valence-corrected chi connectivity index (χ3v) is 3.26. The van der Waals surface area contributed by atoms with Gasteiger partial charge in [0.25, 0.3) is 0 Å². The Morgan fingerprint density at radius 2 is 2.43 bits per heavy atom. The molecule has 0 bridgehead atoms. The minimum absolute atomic E-state index is 0.272. The third kappa shape index (κ3) is 1.37. The summed E-state index contributed by atoms with van der Waals surface area (Å²) in [5.74, 6) is -0.272. The van der Waals surface area contributed by atoms with Gasteiger partial charge >= 0.3 is 0 Å². The lowest BCUT2D eigenvalue weighted by atomic mass is 9.98. The zero-order valence-electron chi connectivity index (χ0n) is 7.85. The molecular weight excluding hydrogens is 249 g/mol. The van der Waals surface area contributed by atoms with E-state index in [0.29, 0.717) is 35.1 Å². The van der Waals surface area contributed by atoms with Gasteiger partial charge in [0.05, 0.1) is 5.69 Å². The molecule has 1 aromatic rings. The second-order valence-corrected chi connectivity index (χ2v) is 4.45. The third-order valence-electron chi connectivity index (χ3n) is 2.85. The van der Waals surface area contributed by atoms with E-state index in [1.54, 1.807) is 0 Å². The standard InChI is InChI=1S/C10H11BrFNO/c1-2-10(14)4-3-6-7(12)5-8(11)13-9(6)10/h5,14H,2-4H2,1H3. The maximum absolute atomic E-state index is 13.5. The first kappa shape index (κ1) is 10.1. The maximum atomic E-state index is 13.5. The molecule has 1 atom stereocenters. The lowest BCUT2D eigenvalue weighted by molar-refractivity contribution is 0.0304. The van der Waals surface area contributed by atoms with Crippen LogP contribution in [0.5, 0.6) is 0 Å². The first-order chi connectivity index (χ1) is 6.57. The highest BCUT2D eigenvalue weighted by Gasteiger charge is 2.38. The summed E-state index contributed by atoms with van der Waals surface area (Å²) >= 11 is 3.13. The van der Waals surface area contributed by atoms with Crippen molar-refractivity contribution in [2.75, 3.05) is 0 Å². The summed E-state index contributed by atoms with van der Waals surface area (Å²) in [6.07, 6.45) is 1.72. The molecule has 0 radical (unpaired) electrons. The summed E-state index contributed by atoms with van der Waals surface area (Å²) in [4.78, 5) is 4.17. The molecule has 0 saturated carbocycles. The van der Waals surface area contributed by atoms with Crippen molar-refractivity contribution in [3.8, 4) is 0 Å². The average molecular weight is 260 g/mol. The van der Waals surface area contributed by atoms with Crippen LogP contribution >= 0.6 is 15.9 Å². The Kier molecular flexibility index (Phi) is 2.35. The minimum atomic E-state index is -0.931. The molecule has 14 heavy (non-hydrogen) atoms. The molecule has 2 rings (SSSR count). The number of rotatable bonds is 1. The van der Waals surface area contributed by atoms with E-state index < -0.39 is 5.60 Å². The second kappa shape index (κ2) is 3.28. The number of pyridine rings is 1. The van der Waals surface area contributed by atoms with E-state index in [2.05, 4.69) is 20.9 Å². The van der Waals surface area contributed by atoms with E-state index in [9.17, 15) is 9.50 Å². The Morgan fingerprint density at radius 1 is 1.71 bits per heavy atom. The first-order valence-corrected chi connectivity index (χ1v) is 5.44. The van der Waals surface area contributed by atoms with Gasteiger partial charge in [-0.05, 0) is 35.2 Å². The molecule has 0 saturated heterocycles. The SMILES string of the molecule is CCC1(O)CCc2c(F)cc(Br)nc21. The Bertz CT molecular complexity index is 383. The topological polar surface area (TPSA) is 33.1 Å². The largest absolute Gasteiger partial charge is 0.384 e. The molecule has 1 unspecified atom stereocenters. The normalized spacial score (nSPS) is 25.1. The van der Waals surface area contributed by atoms with Gasteiger partial charge in [0.15, 0.2) is 0 Å². The summed E-state index contributed by atoms with van der Waals surface area (Å²) in [7, 11) is 0. The van der Waals surface area contributed by atoms with Crippen molar-refractivity contribution in [3.63, 3.8) is 0 Å². The number of aliphatic hydroxyl groups is 1. The monoisotopic (exact) mass is 259 g/mol. The van der Waals surface area contributed by atoms with Crippen molar-refractivity contribution >= 4 is 15.9 Å². The molecule has 0 aliphatic heterocycles. The van der Waals surface area contributed by atoms with Crippen LogP contribution in [-0.4, -0.2) is 10.1 Å². The summed E-state index contributed by atoms with van der Waals surface area (Å²) in [6, 6.07) is 1.35. The molecule has 1 N–H and O–H groups in total. The first-order valence-electron chi connectivity index (χ1n) is 4.64. The van der Waals surface area contributed by atoms with Gasteiger partial charge in [-0.25, -0.2) is 9.37 Å². The predicted octanol–water partition coefficient (Wildman–Crippen LogP) is 2.53. The van der Waals surface area contributed by atoms with Gasteiger partial charge in [0.1, 0.15) is 16.0 Å². The van der Waals surface area contributed by atoms with E-state index >= 15 is 0 Å². The number of aromatic nitrogens is 1. The summed E-state index contributed by atoms with van der Waals surface area (Å²) < 4.78 is 13.9. The van der Waals surface area contributed by atoms with Crippen molar-refractivity contribution < 1.29 is 9.50 Å². The number of fused-ring (bicyclic) bond motifs is 1. The Hall–Kier alpha value is -0.480. The lowest BCUT2D eigenvalue weighted by Crippen LogP contribution is -2.22. The van der Waals surface area contributed by atoms with Crippen LogP contribution in [0.3, 0.4) is 0 Å². The van der Waals surface area contributed by atoms with Crippen LogP contribution in [0.1, 0.15) is 31.0 Å². The fourth-order valence-corrected chi connectivity index (χ4v) is 2.31. The molecule has 2 nitrogen and oxygen atoms in total. The minimum Gasteiger partial charge on any atom is -0.384 e. The molecule has 1 aromatic heterocycles. The highest BCUT2D eigenvalue weighted by molar-refractivity contribution is 9.10. The Labute approximate surface area is 90.3 Å². The summed E-state index contributed by atoms with van der Waals surface area (Å²) in [5, 5.41) is 10.2. The highest BCUT2D eigenvalue weighted by atomic mass is 79.9. The molecule has 76 valence electrons. The van der Waals surface area contributed by atoms with Crippen LogP contribution < -0.4 is 0 Å². The van der Waals surface area contributed by atoms with Crippen molar-refractivity contribution in [1.29, 1.82) is 0 Å². The van der Waals surface area contributed by atoms with Gasteiger partial charge in [-0.3, -0.25) is 0 Å². The van der Waals surface area contributed by atoms with Gasteiger partial charge in [0.2, 0.25) is 0 Å². The number of halogens is 2. The van der Waals surface area contributed by atoms with E-state index in [-0.39, 0.29) is 5.82 Å². The maximum Gasteiger partial charge on any atom is 0.131 e. The second-order valence-electron chi connectivity index (χ2n) is 3.64. The van der Waals surface area contributed by atoms with Gasteiger partial charge in [-0.15, -0.1) is 0 Å². The van der Waals surface area contributed by atoms with Crippen LogP contribution in [0.15, 0.2) is 10.7 Å².